The Morgan fingerprint density at radius 3 is 1.17 bits per heavy atom. The average Bonchev–Trinajstić information content (AvgIpc) is 2.46. The second kappa shape index (κ2) is 31.2. The molecular formula is C66H92N8O12S2. The normalized spacial score (nSPS) is 24.2. The number of likely N-dealkylation sites (N-methyl/N-ethyl adjacent to an activating group) is 4. The van der Waals surface area contributed by atoms with Gasteiger partial charge in [-0.15, -0.1) is 0 Å². The highest BCUT2D eigenvalue weighted by molar-refractivity contribution is 8.00. The van der Waals surface area contributed by atoms with E-state index < -0.39 is 96.1 Å². The van der Waals surface area contributed by atoms with Crippen LogP contribution in [-0.4, -0.2) is 186 Å². The summed E-state index contributed by atoms with van der Waals surface area (Å²) in [4.78, 5) is 123. The standard InChI is InChI=1S/C66H92N8O12S2/c1-39(2)27-53-63(79)83-44(10)60(76)70(12)56(30-42(7)8)66(82)86-58(32-46-17-21-48(22-18-46)34-74-52(23-25-67-74)50-37-88-38-50)62(78)72(14)54(28-40(3)4)64(80)84-43(9)59(75)69(11)55(29-41(5)6)65(81)85-57(61(77)71(53)13)31-45-15-19-47(20-16-45)33-73-26-24-51(68-73)49-35-87-36-49/h15-26,39-44,49-50,53-58H,27-38H2,1-14H3/t43-,44-,53+,54+,55+,56+,57-,58-/m1/s1. The molecule has 0 saturated carbocycles. The molecule has 0 aliphatic carbocycles. The molecule has 3 aliphatic rings. The van der Waals surface area contributed by atoms with Crippen LogP contribution in [0.5, 0.6) is 0 Å². The summed E-state index contributed by atoms with van der Waals surface area (Å²) in [6.07, 6.45) is -2.17. The first kappa shape index (κ1) is 68.8. The van der Waals surface area contributed by atoms with E-state index in [0.29, 0.717) is 36.1 Å². The molecule has 5 heterocycles. The van der Waals surface area contributed by atoms with E-state index in [-0.39, 0.29) is 62.2 Å². The monoisotopic (exact) mass is 1250 g/mol. The number of hydrogen-bond acceptors (Lipinski definition) is 16. The van der Waals surface area contributed by atoms with Gasteiger partial charge in [-0.05, 0) is 97.6 Å². The van der Waals surface area contributed by atoms with Crippen LogP contribution in [0.1, 0.15) is 140 Å². The lowest BCUT2D eigenvalue weighted by atomic mass is 9.99. The van der Waals surface area contributed by atoms with Crippen LogP contribution in [0, 0.1) is 23.7 Å². The van der Waals surface area contributed by atoms with Gasteiger partial charge in [0.1, 0.15) is 24.2 Å². The Kier molecular flexibility index (Phi) is 24.4. The van der Waals surface area contributed by atoms with Crippen molar-refractivity contribution in [2.45, 2.75) is 181 Å². The third-order valence-corrected chi connectivity index (χ3v) is 19.1. The van der Waals surface area contributed by atoms with Crippen LogP contribution < -0.4 is 0 Å². The Morgan fingerprint density at radius 1 is 0.455 bits per heavy atom. The van der Waals surface area contributed by atoms with Gasteiger partial charge in [-0.2, -0.15) is 33.7 Å². The number of hydrogen-bond donors (Lipinski definition) is 0. The van der Waals surface area contributed by atoms with Crippen molar-refractivity contribution >= 4 is 71.0 Å². The van der Waals surface area contributed by atoms with Crippen LogP contribution in [0.25, 0.3) is 0 Å². The minimum Gasteiger partial charge on any atom is -0.451 e. The smallest absolute Gasteiger partial charge is 0.329 e. The molecule has 2 aromatic heterocycles. The van der Waals surface area contributed by atoms with Crippen LogP contribution in [0.15, 0.2) is 73.1 Å². The molecule has 4 amide bonds. The first-order chi connectivity index (χ1) is 41.7. The number of carbonyl (C=O) groups excluding carboxylic acids is 8. The molecule has 3 saturated heterocycles. The van der Waals surface area contributed by atoms with Gasteiger partial charge in [-0.25, -0.2) is 19.2 Å². The quantitative estimate of drug-likeness (QED) is 0.0684. The number of ether oxygens (including phenoxy) is 4. The van der Waals surface area contributed by atoms with Crippen LogP contribution in [0.2, 0.25) is 0 Å². The van der Waals surface area contributed by atoms with Crippen molar-refractivity contribution in [1.29, 1.82) is 0 Å². The van der Waals surface area contributed by atoms with Crippen molar-refractivity contribution < 1.29 is 57.3 Å². The van der Waals surface area contributed by atoms with Crippen molar-refractivity contribution in [3.63, 3.8) is 0 Å². The van der Waals surface area contributed by atoms with E-state index in [9.17, 15) is 28.8 Å². The SMILES string of the molecule is CC(C)C[C@H]1C(=O)O[C@H](Cc2ccc(Cn3nccc3C3CSC3)cc2)C(=O)N(C)[C@@H](CC(C)C)C(=O)O[C@H](C)C(=O)N(C)[C@@H](CC(C)C)C(=O)O[C@H](Cc2ccc(Cn3ccc(C4CSC4)n3)cc2)C(=O)N(C)[C@@H](CC(C)C)C(=O)O[C@H](C)C(=O)N1C. The first-order valence-electron chi connectivity index (χ1n) is 30.9. The molecule has 22 heteroatoms. The number of esters is 4. The molecule has 0 unspecified atom stereocenters. The summed E-state index contributed by atoms with van der Waals surface area (Å²) in [6, 6.07) is 14.0. The fourth-order valence-electron chi connectivity index (χ4n) is 11.1. The molecule has 0 radical (unpaired) electrons. The Morgan fingerprint density at radius 2 is 0.807 bits per heavy atom. The minimum atomic E-state index is -1.53. The topological polar surface area (TPSA) is 222 Å². The zero-order valence-corrected chi connectivity index (χ0v) is 55.4. The highest BCUT2D eigenvalue weighted by atomic mass is 32.2. The van der Waals surface area contributed by atoms with Gasteiger partial charge >= 0.3 is 23.9 Å². The molecule has 2 aromatic carbocycles. The number of nitrogens with zero attached hydrogens (tertiary/aromatic N) is 8. The molecule has 8 atom stereocenters. The Hall–Kier alpha value is -6.68. The highest BCUT2D eigenvalue weighted by Crippen LogP contribution is 2.35. The predicted octanol–water partition coefficient (Wildman–Crippen LogP) is 7.82. The van der Waals surface area contributed by atoms with Crippen LogP contribution in [0.4, 0.5) is 0 Å². The van der Waals surface area contributed by atoms with E-state index in [2.05, 4.69) is 5.10 Å². The number of cyclic esters (lactones) is 4. The molecule has 4 aromatic rings. The number of thioether (sulfide) groups is 2. The maximum absolute atomic E-state index is 15.1. The summed E-state index contributed by atoms with van der Waals surface area (Å²) in [5, 5.41) is 9.36. The average molecular weight is 1250 g/mol. The minimum absolute atomic E-state index is 0.0870. The molecule has 0 N–H and O–H groups in total. The number of amides is 4. The summed E-state index contributed by atoms with van der Waals surface area (Å²) < 4.78 is 28.3. The van der Waals surface area contributed by atoms with Gasteiger partial charge in [-0.3, -0.25) is 28.5 Å². The Labute approximate surface area is 527 Å². The summed E-state index contributed by atoms with van der Waals surface area (Å²) >= 11 is 3.79. The largest absolute Gasteiger partial charge is 0.451 e. The molecule has 480 valence electrons. The van der Waals surface area contributed by atoms with Gasteiger partial charge in [0.05, 0.1) is 18.8 Å². The lowest BCUT2D eigenvalue weighted by Gasteiger charge is -2.35. The van der Waals surface area contributed by atoms with E-state index in [0.717, 1.165) is 55.3 Å². The second-order valence-electron chi connectivity index (χ2n) is 25.7. The first-order valence-corrected chi connectivity index (χ1v) is 33.2. The van der Waals surface area contributed by atoms with Gasteiger partial charge in [0.2, 0.25) is 0 Å². The molecule has 0 spiro atoms. The van der Waals surface area contributed by atoms with Gasteiger partial charge in [0.15, 0.2) is 24.4 Å². The van der Waals surface area contributed by atoms with E-state index in [1.807, 2.05) is 155 Å². The van der Waals surface area contributed by atoms with E-state index in [1.165, 1.54) is 51.8 Å². The number of carbonyl (C=O) groups is 8. The van der Waals surface area contributed by atoms with Gasteiger partial charge < -0.3 is 38.5 Å². The van der Waals surface area contributed by atoms with Crippen LogP contribution in [-0.2, 0) is 83.2 Å². The molecule has 3 fully saturated rings. The summed E-state index contributed by atoms with van der Waals surface area (Å²) in [5.74, 6) is -2.29. The highest BCUT2D eigenvalue weighted by Gasteiger charge is 2.43. The fourth-order valence-corrected chi connectivity index (χ4v) is 12.8. The Balaban J connectivity index is 1.23. The zero-order chi connectivity index (χ0) is 64.3. The maximum Gasteiger partial charge on any atom is 0.329 e. The zero-order valence-electron chi connectivity index (χ0n) is 53.8. The number of aromatic nitrogens is 4. The molecule has 7 rings (SSSR count). The number of rotatable bonds is 18. The van der Waals surface area contributed by atoms with Crippen molar-refractivity contribution in [1.82, 2.24) is 39.2 Å². The van der Waals surface area contributed by atoms with Crippen molar-refractivity contribution in [2.24, 2.45) is 23.7 Å². The number of benzene rings is 2. The maximum atomic E-state index is 15.1. The predicted molar refractivity (Wildman–Crippen MR) is 338 cm³/mol. The third-order valence-electron chi connectivity index (χ3n) is 16.6. The van der Waals surface area contributed by atoms with E-state index >= 15 is 9.59 Å². The molecular weight excluding hydrogens is 1160 g/mol. The summed E-state index contributed by atoms with van der Waals surface area (Å²) in [6.45, 7) is 18.7. The lowest BCUT2D eigenvalue weighted by molar-refractivity contribution is -0.176. The van der Waals surface area contributed by atoms with Crippen LogP contribution in [0.3, 0.4) is 0 Å². The molecule has 20 nitrogen and oxygen atoms in total. The van der Waals surface area contributed by atoms with Gasteiger partial charge in [0.25, 0.3) is 23.6 Å². The van der Waals surface area contributed by atoms with Crippen molar-refractivity contribution in [2.75, 3.05) is 51.2 Å². The second-order valence-corrected chi connectivity index (χ2v) is 27.9. The van der Waals surface area contributed by atoms with E-state index in [4.69, 9.17) is 24.0 Å². The van der Waals surface area contributed by atoms with Crippen molar-refractivity contribution in [3.05, 3.63) is 107 Å². The summed E-state index contributed by atoms with van der Waals surface area (Å²) in [7, 11) is 5.63. The van der Waals surface area contributed by atoms with Gasteiger partial charge in [0, 0.05) is 94.0 Å². The lowest BCUT2D eigenvalue weighted by Crippen LogP contribution is -2.55. The fraction of sp³-hybridized carbons (Fsp3) is 0.606. The molecule has 0 bridgehead atoms. The summed E-state index contributed by atoms with van der Waals surface area (Å²) in [5.41, 5.74) is 5.39. The molecule has 3 aliphatic heterocycles. The third kappa shape index (κ3) is 18.0. The van der Waals surface area contributed by atoms with E-state index in [1.54, 1.807) is 6.20 Å². The Bertz CT molecular complexity index is 3030. The van der Waals surface area contributed by atoms with Crippen molar-refractivity contribution in [3.8, 4) is 0 Å². The van der Waals surface area contributed by atoms with Crippen LogP contribution >= 0.6 is 23.5 Å². The van der Waals surface area contributed by atoms with Gasteiger partial charge in [-0.1, -0.05) is 104 Å². The molecule has 88 heavy (non-hydrogen) atoms.